The lowest BCUT2D eigenvalue weighted by Gasteiger charge is -2.13. The van der Waals surface area contributed by atoms with Crippen molar-refractivity contribution >= 4 is 11.6 Å². The Bertz CT molecular complexity index is 552. The molecule has 5 heteroatoms. The van der Waals surface area contributed by atoms with Gasteiger partial charge in [-0.05, 0) is 31.9 Å². The molecule has 0 saturated heterocycles. The molecule has 2 rings (SSSR count). The summed E-state index contributed by atoms with van der Waals surface area (Å²) in [5.74, 6) is 1.33. The molecule has 4 nitrogen and oxygen atoms in total. The number of benzene rings is 1. The Morgan fingerprint density at radius 1 is 1.47 bits per heavy atom. The Morgan fingerprint density at radius 2 is 2.26 bits per heavy atom. The number of hydrogen-bond acceptors (Lipinski definition) is 4. The van der Waals surface area contributed by atoms with Crippen LogP contribution in [0.1, 0.15) is 23.9 Å². The lowest BCUT2D eigenvalue weighted by atomic mass is 10.1. The highest BCUT2D eigenvalue weighted by molar-refractivity contribution is 6.32. The van der Waals surface area contributed by atoms with Crippen molar-refractivity contribution in [2.45, 2.75) is 32.9 Å². The largest absolute Gasteiger partial charge is 0.484 e. The van der Waals surface area contributed by atoms with Crippen molar-refractivity contribution in [3.05, 3.63) is 46.3 Å². The summed E-state index contributed by atoms with van der Waals surface area (Å²) in [5.41, 5.74) is 7.65. The van der Waals surface area contributed by atoms with Crippen molar-refractivity contribution < 1.29 is 9.26 Å². The quantitative estimate of drug-likeness (QED) is 0.914. The van der Waals surface area contributed by atoms with Gasteiger partial charge in [0.1, 0.15) is 12.4 Å². The summed E-state index contributed by atoms with van der Waals surface area (Å²) in [7, 11) is 0. The van der Waals surface area contributed by atoms with Crippen molar-refractivity contribution in [2.24, 2.45) is 5.73 Å². The molecule has 0 bridgehead atoms. The van der Waals surface area contributed by atoms with E-state index in [0.717, 1.165) is 11.3 Å². The minimum Gasteiger partial charge on any atom is -0.484 e. The van der Waals surface area contributed by atoms with Crippen LogP contribution in [0, 0.1) is 6.92 Å². The Kier molecular flexibility index (Phi) is 4.45. The Labute approximate surface area is 117 Å². The van der Waals surface area contributed by atoms with Gasteiger partial charge in [-0.1, -0.05) is 28.9 Å². The van der Waals surface area contributed by atoms with Crippen molar-refractivity contribution in [1.29, 1.82) is 0 Å². The maximum absolute atomic E-state index is 6.17. The minimum absolute atomic E-state index is 0.0494. The molecule has 0 saturated carbocycles. The van der Waals surface area contributed by atoms with E-state index in [1.165, 1.54) is 0 Å². The van der Waals surface area contributed by atoms with Crippen LogP contribution >= 0.6 is 11.6 Å². The Balaban J connectivity index is 2.14. The van der Waals surface area contributed by atoms with Gasteiger partial charge >= 0.3 is 0 Å². The number of aryl methyl sites for hydroxylation is 1. The van der Waals surface area contributed by atoms with Gasteiger partial charge in [-0.2, -0.15) is 0 Å². The van der Waals surface area contributed by atoms with Crippen LogP contribution in [0.2, 0.25) is 5.02 Å². The van der Waals surface area contributed by atoms with Crippen molar-refractivity contribution in [3.63, 3.8) is 0 Å². The fraction of sp³-hybridized carbons (Fsp3) is 0.357. The predicted molar refractivity (Wildman–Crippen MR) is 74.4 cm³/mol. The van der Waals surface area contributed by atoms with Crippen molar-refractivity contribution in [2.75, 3.05) is 0 Å². The zero-order valence-electron chi connectivity index (χ0n) is 11.0. The molecule has 1 unspecified atom stereocenters. The van der Waals surface area contributed by atoms with E-state index in [0.29, 0.717) is 29.6 Å². The fourth-order valence-electron chi connectivity index (χ4n) is 1.85. The fourth-order valence-corrected chi connectivity index (χ4v) is 2.10. The normalized spacial score (nSPS) is 12.4. The topological polar surface area (TPSA) is 61.3 Å². The molecular formula is C14H17ClN2O2. The summed E-state index contributed by atoms with van der Waals surface area (Å²) < 4.78 is 10.9. The first-order valence-corrected chi connectivity index (χ1v) is 6.52. The van der Waals surface area contributed by atoms with E-state index in [1.807, 2.05) is 32.0 Å². The second kappa shape index (κ2) is 6.08. The van der Waals surface area contributed by atoms with Crippen LogP contribution < -0.4 is 10.5 Å². The molecule has 0 radical (unpaired) electrons. The Hall–Kier alpha value is -1.52. The van der Waals surface area contributed by atoms with Crippen LogP contribution in [-0.4, -0.2) is 11.2 Å². The van der Waals surface area contributed by atoms with E-state index in [1.54, 1.807) is 6.07 Å². The number of nitrogens with zero attached hydrogens (tertiary/aromatic N) is 1. The third kappa shape index (κ3) is 3.72. The molecule has 0 spiro atoms. The third-order valence-corrected chi connectivity index (χ3v) is 2.92. The number of ether oxygens (including phenoxy) is 1. The van der Waals surface area contributed by atoms with Gasteiger partial charge in [0.05, 0.1) is 10.7 Å². The number of aromatic nitrogens is 1. The lowest BCUT2D eigenvalue weighted by molar-refractivity contribution is 0.247. The van der Waals surface area contributed by atoms with E-state index in [4.69, 9.17) is 26.6 Å². The summed E-state index contributed by atoms with van der Waals surface area (Å²) in [5, 5.41) is 4.39. The lowest BCUT2D eigenvalue weighted by Crippen LogP contribution is -2.18. The molecule has 1 aromatic carbocycles. The van der Waals surface area contributed by atoms with E-state index in [9.17, 15) is 0 Å². The first kappa shape index (κ1) is 13.9. The maximum Gasteiger partial charge on any atom is 0.174 e. The number of rotatable bonds is 5. The van der Waals surface area contributed by atoms with Crippen LogP contribution in [0.25, 0.3) is 0 Å². The summed E-state index contributed by atoms with van der Waals surface area (Å²) >= 11 is 6.17. The zero-order valence-corrected chi connectivity index (χ0v) is 11.8. The van der Waals surface area contributed by atoms with Crippen LogP contribution in [-0.2, 0) is 13.0 Å². The van der Waals surface area contributed by atoms with Gasteiger partial charge in [0.2, 0.25) is 0 Å². The predicted octanol–water partition coefficient (Wildman–Crippen LogP) is 3.11. The molecule has 19 heavy (non-hydrogen) atoms. The Morgan fingerprint density at radius 3 is 2.89 bits per heavy atom. The van der Waals surface area contributed by atoms with E-state index in [2.05, 4.69) is 5.16 Å². The average Bonchev–Trinajstić information content (AvgIpc) is 2.73. The van der Waals surface area contributed by atoms with Crippen LogP contribution in [0.15, 0.2) is 28.8 Å². The summed E-state index contributed by atoms with van der Waals surface area (Å²) in [4.78, 5) is 0. The number of halogens is 1. The average molecular weight is 281 g/mol. The number of para-hydroxylation sites is 1. The SMILES string of the molecule is Cc1cc(COc2c(Cl)cccc2CC(C)N)on1. The van der Waals surface area contributed by atoms with Crippen molar-refractivity contribution in [1.82, 2.24) is 5.16 Å². The molecule has 0 aliphatic rings. The van der Waals surface area contributed by atoms with Gasteiger partial charge in [0.25, 0.3) is 0 Å². The molecular weight excluding hydrogens is 264 g/mol. The molecule has 1 heterocycles. The van der Waals surface area contributed by atoms with E-state index < -0.39 is 0 Å². The van der Waals surface area contributed by atoms with E-state index >= 15 is 0 Å². The highest BCUT2D eigenvalue weighted by Crippen LogP contribution is 2.30. The summed E-state index contributed by atoms with van der Waals surface area (Å²) in [6.07, 6.45) is 0.714. The second-order valence-electron chi connectivity index (χ2n) is 4.63. The van der Waals surface area contributed by atoms with Crippen LogP contribution in [0.3, 0.4) is 0 Å². The zero-order chi connectivity index (χ0) is 13.8. The maximum atomic E-state index is 6.17. The van der Waals surface area contributed by atoms with Gasteiger partial charge in [-0.25, -0.2) is 0 Å². The first-order valence-electron chi connectivity index (χ1n) is 6.14. The van der Waals surface area contributed by atoms with Crippen LogP contribution in [0.5, 0.6) is 5.75 Å². The molecule has 0 aliphatic heterocycles. The van der Waals surface area contributed by atoms with E-state index in [-0.39, 0.29) is 6.04 Å². The van der Waals surface area contributed by atoms with Gasteiger partial charge in [0.15, 0.2) is 5.76 Å². The molecule has 1 aromatic heterocycles. The summed E-state index contributed by atoms with van der Waals surface area (Å²) in [6, 6.07) is 7.55. The monoisotopic (exact) mass is 280 g/mol. The van der Waals surface area contributed by atoms with Gasteiger partial charge in [0, 0.05) is 12.1 Å². The van der Waals surface area contributed by atoms with Gasteiger partial charge < -0.3 is 15.0 Å². The molecule has 2 N–H and O–H groups in total. The number of nitrogens with two attached hydrogens (primary N) is 1. The molecule has 102 valence electrons. The third-order valence-electron chi connectivity index (χ3n) is 2.63. The van der Waals surface area contributed by atoms with Crippen molar-refractivity contribution in [3.8, 4) is 5.75 Å². The molecule has 0 fully saturated rings. The first-order chi connectivity index (χ1) is 9.06. The highest BCUT2D eigenvalue weighted by Gasteiger charge is 2.11. The smallest absolute Gasteiger partial charge is 0.174 e. The standard InChI is InChI=1S/C14H17ClN2O2/c1-9(16)6-11-4-3-5-13(15)14(11)18-8-12-7-10(2)17-19-12/h3-5,7,9H,6,8,16H2,1-2H3. The summed E-state index contributed by atoms with van der Waals surface area (Å²) in [6.45, 7) is 4.12. The number of hydrogen-bond donors (Lipinski definition) is 1. The molecule has 2 aromatic rings. The second-order valence-corrected chi connectivity index (χ2v) is 5.04. The van der Waals surface area contributed by atoms with Crippen LogP contribution in [0.4, 0.5) is 0 Å². The highest BCUT2D eigenvalue weighted by atomic mass is 35.5. The van der Waals surface area contributed by atoms with Gasteiger partial charge in [-0.15, -0.1) is 0 Å². The molecule has 1 atom stereocenters. The molecule has 0 aliphatic carbocycles. The van der Waals surface area contributed by atoms with Gasteiger partial charge in [-0.3, -0.25) is 0 Å². The molecule has 0 amide bonds. The minimum atomic E-state index is 0.0494.